The molecule has 148 valence electrons. The predicted octanol–water partition coefficient (Wildman–Crippen LogP) is -4.12. The van der Waals surface area contributed by atoms with Gasteiger partial charge in [-0.15, -0.1) is 0 Å². The molecule has 0 saturated carbocycles. The van der Waals surface area contributed by atoms with Crippen molar-refractivity contribution in [3.8, 4) is 0 Å². The molecule has 0 aliphatic heterocycles. The van der Waals surface area contributed by atoms with Gasteiger partial charge in [0.1, 0.15) is 23.3 Å². The van der Waals surface area contributed by atoms with E-state index in [2.05, 4.69) is 9.05 Å². The molecule has 0 heterocycles. The molecule has 14 nitrogen and oxygen atoms in total. The van der Waals surface area contributed by atoms with Crippen LogP contribution in [-0.2, 0) is 48.4 Å². The summed E-state index contributed by atoms with van der Waals surface area (Å²) in [4.78, 5) is 60.9. The zero-order chi connectivity index (χ0) is 20.0. The van der Waals surface area contributed by atoms with Crippen LogP contribution in [0.5, 0.6) is 0 Å². The maximum atomic E-state index is 10.5. The molecule has 0 saturated heterocycles. The van der Waals surface area contributed by atoms with E-state index in [1.54, 1.807) is 0 Å². The Kier molecular flexibility index (Phi) is 15.6. The van der Waals surface area contributed by atoms with Crippen molar-refractivity contribution in [1.29, 1.82) is 0 Å². The zero-order valence-electron chi connectivity index (χ0n) is 11.3. The Morgan fingerprint density at radius 3 is 1.04 bits per heavy atom. The Morgan fingerprint density at radius 2 is 0.920 bits per heavy atom. The van der Waals surface area contributed by atoms with Gasteiger partial charge in [0.25, 0.3) is 0 Å². The standard InChI is InChI=1S/2C2H7ClO7P2.Mo/c2*3-1-10-12(8,9)2(4)11(5,6)7;/h2*2,4H,1H2,(H,8,9)(H2,5,6,7);/q;;+6/p-6. The number of aliphatic hydroxyl groups is 2. The van der Waals surface area contributed by atoms with Gasteiger partial charge in [-0.1, -0.05) is 23.2 Å². The number of hydrogen-bond donors (Lipinski definition) is 2. The third-order valence-electron chi connectivity index (χ3n) is 1.59. The first-order valence-electron chi connectivity index (χ1n) is 4.85. The Bertz CT molecular complexity index is 523. The Morgan fingerprint density at radius 1 is 0.720 bits per heavy atom. The summed E-state index contributed by atoms with van der Waals surface area (Å²) < 4.78 is 48.2. The van der Waals surface area contributed by atoms with Gasteiger partial charge in [-0.2, -0.15) is 0 Å². The van der Waals surface area contributed by atoms with Gasteiger partial charge in [0.05, 0.1) is 0 Å². The summed E-state index contributed by atoms with van der Waals surface area (Å²) in [6.07, 6.45) is 0. The van der Waals surface area contributed by atoms with Crippen LogP contribution in [0.3, 0.4) is 0 Å². The van der Waals surface area contributed by atoms with Crippen molar-refractivity contribution in [3.63, 3.8) is 0 Å². The van der Waals surface area contributed by atoms with E-state index >= 15 is 0 Å². The molecule has 25 heavy (non-hydrogen) atoms. The fraction of sp³-hybridized carbons (Fsp3) is 1.00. The van der Waals surface area contributed by atoms with Crippen LogP contribution in [0.4, 0.5) is 0 Å². The van der Waals surface area contributed by atoms with E-state index in [0.29, 0.717) is 0 Å². The summed E-state index contributed by atoms with van der Waals surface area (Å²) in [6.45, 7) is 0. The minimum atomic E-state index is -5.61. The molecule has 0 aromatic rings. The molecule has 2 N–H and O–H groups in total. The van der Waals surface area contributed by atoms with E-state index in [1.807, 2.05) is 0 Å². The molecule has 4 unspecified atom stereocenters. The summed E-state index contributed by atoms with van der Waals surface area (Å²) in [5.74, 6) is 0. The summed E-state index contributed by atoms with van der Waals surface area (Å²) in [5, 5.41) is 16.8. The number of halogens is 2. The molecule has 0 bridgehead atoms. The molecule has 0 aliphatic carbocycles. The van der Waals surface area contributed by atoms with Crippen LogP contribution >= 0.6 is 53.6 Å². The molecule has 4 atom stereocenters. The van der Waals surface area contributed by atoms with Crippen LogP contribution in [0, 0.1) is 0 Å². The predicted molar refractivity (Wildman–Crippen MR) is 66.0 cm³/mol. The molecule has 0 fully saturated rings. The molecule has 0 amide bonds. The second-order valence-corrected chi connectivity index (χ2v) is 11.4. The summed E-state index contributed by atoms with van der Waals surface area (Å²) in [6, 6.07) is -1.73. The van der Waals surface area contributed by atoms with E-state index < -0.39 is 53.7 Å². The summed E-state index contributed by atoms with van der Waals surface area (Å²) in [7, 11) is -21.5. The molecule has 21 heteroatoms. The van der Waals surface area contributed by atoms with E-state index in [-0.39, 0.29) is 21.1 Å². The molecule has 0 aliphatic rings. The monoisotopic (exact) mass is 572 g/mol. The van der Waals surface area contributed by atoms with Gasteiger partial charge in [-0.05, 0) is 15.2 Å². The summed E-state index contributed by atoms with van der Waals surface area (Å²) in [5.41, 5.74) is -6.16. The normalized spacial score (nSPS) is 19.3. The molecule has 0 spiro atoms. The number of hydrogen-bond acceptors (Lipinski definition) is 14. The molecule has 0 aromatic carbocycles. The second kappa shape index (κ2) is 12.4. The Balaban J connectivity index is -0.000000372. The molecule has 0 aromatic heterocycles. The van der Waals surface area contributed by atoms with Crippen LogP contribution in [0.1, 0.15) is 0 Å². The van der Waals surface area contributed by atoms with Crippen LogP contribution in [0.25, 0.3) is 0 Å². The Labute approximate surface area is 164 Å². The smallest absolute Gasteiger partial charge is 0.809 e. The number of aliphatic hydroxyl groups excluding tert-OH is 2. The van der Waals surface area contributed by atoms with Gasteiger partial charge in [0.15, 0.2) is 15.2 Å². The van der Waals surface area contributed by atoms with Crippen molar-refractivity contribution in [2.24, 2.45) is 0 Å². The minimum absolute atomic E-state index is 0. The van der Waals surface area contributed by atoms with E-state index in [1.165, 1.54) is 0 Å². The molecule has 0 radical (unpaired) electrons. The van der Waals surface area contributed by atoms with Crippen LogP contribution in [-0.4, -0.2) is 33.5 Å². The minimum Gasteiger partial charge on any atom is -0.809 e. The van der Waals surface area contributed by atoms with Gasteiger partial charge in [0, 0.05) is 0 Å². The topological polar surface area (TPSA) is 266 Å². The van der Waals surface area contributed by atoms with Crippen molar-refractivity contribution in [1.82, 2.24) is 0 Å². The summed E-state index contributed by atoms with van der Waals surface area (Å²) >= 11 is 9.56. The Hall–Kier alpha value is 1.79. The van der Waals surface area contributed by atoms with Gasteiger partial charge < -0.3 is 66.9 Å². The van der Waals surface area contributed by atoms with E-state index in [4.69, 9.17) is 33.4 Å². The first kappa shape index (κ1) is 31.5. The maximum Gasteiger partial charge on any atom is 6.00 e. The van der Waals surface area contributed by atoms with Crippen molar-refractivity contribution >= 4 is 53.6 Å². The van der Waals surface area contributed by atoms with Crippen molar-refractivity contribution in [3.05, 3.63) is 0 Å². The van der Waals surface area contributed by atoms with Crippen LogP contribution < -0.4 is 29.4 Å². The van der Waals surface area contributed by atoms with Gasteiger partial charge in [0.2, 0.25) is 0 Å². The van der Waals surface area contributed by atoms with Gasteiger partial charge in [-0.25, -0.2) is 0 Å². The first-order valence-corrected chi connectivity index (χ1v) is 12.4. The quantitative estimate of drug-likeness (QED) is 0.159. The number of rotatable bonds is 8. The fourth-order valence-corrected chi connectivity index (χ4v) is 5.14. The maximum absolute atomic E-state index is 10.5. The fourth-order valence-electron chi connectivity index (χ4n) is 0.616. The average Bonchev–Trinajstić information content (AvgIpc) is 2.35. The van der Waals surface area contributed by atoms with Crippen molar-refractivity contribution < 1.29 is 87.9 Å². The largest absolute Gasteiger partial charge is 6.00 e. The number of alkyl halides is 2. The van der Waals surface area contributed by atoms with Crippen molar-refractivity contribution in [2.75, 3.05) is 12.1 Å². The van der Waals surface area contributed by atoms with Gasteiger partial charge >= 0.3 is 21.1 Å². The zero-order valence-corrected chi connectivity index (χ0v) is 18.4. The third kappa shape index (κ3) is 12.8. The second-order valence-electron chi connectivity index (χ2n) is 3.33. The third-order valence-corrected chi connectivity index (χ3v) is 8.75. The molecular formula is C4H8Cl2MoO14P4. The van der Waals surface area contributed by atoms with Crippen LogP contribution in [0.15, 0.2) is 0 Å². The SMILES string of the molecule is O=P([O-])([O-])C(O)P(=O)([O-])OCCl.O=P([O-])([O-])C(O)P(=O)([O-])OCCl.[Mo+6]. The average molecular weight is 571 g/mol. The first-order chi connectivity index (χ1) is 10.4. The van der Waals surface area contributed by atoms with Gasteiger partial charge in [-0.3, -0.25) is 0 Å². The van der Waals surface area contributed by atoms with E-state index in [0.717, 1.165) is 0 Å². The van der Waals surface area contributed by atoms with Crippen LogP contribution in [0.2, 0.25) is 0 Å². The van der Waals surface area contributed by atoms with E-state index in [9.17, 15) is 47.6 Å². The molecular weight excluding hydrogens is 563 g/mol. The molecule has 0 rings (SSSR count). The van der Waals surface area contributed by atoms with Crippen molar-refractivity contribution in [2.45, 2.75) is 11.2 Å².